The molecule has 1 N–H and O–H groups in total. The molecule has 2 rings (SSSR count). The van der Waals surface area contributed by atoms with Crippen molar-refractivity contribution in [2.45, 2.75) is 59.3 Å². The molecule has 2 aliphatic heterocycles. The summed E-state index contributed by atoms with van der Waals surface area (Å²) in [6.07, 6.45) is -0.127. The van der Waals surface area contributed by atoms with Crippen LogP contribution in [-0.4, -0.2) is 79.4 Å². The van der Waals surface area contributed by atoms with Crippen LogP contribution in [0.25, 0.3) is 0 Å². The summed E-state index contributed by atoms with van der Waals surface area (Å²) < 4.78 is 11.1. The van der Waals surface area contributed by atoms with Gasteiger partial charge in [0.05, 0.1) is 18.7 Å². The third-order valence-electron chi connectivity index (χ3n) is 4.55. The Morgan fingerprint density at radius 2 is 1.92 bits per heavy atom. The molecule has 26 heavy (non-hydrogen) atoms. The van der Waals surface area contributed by atoms with Crippen molar-refractivity contribution in [2.75, 3.05) is 39.8 Å². The first-order valence-corrected chi connectivity index (χ1v) is 9.07. The fourth-order valence-electron chi connectivity index (χ4n) is 3.15. The highest BCUT2D eigenvalue weighted by atomic mass is 127. The fraction of sp³-hybridized carbons (Fsp3) is 0.889. The highest BCUT2D eigenvalue weighted by Gasteiger charge is 2.37. The molecule has 0 bridgehead atoms. The Kier molecular flexibility index (Phi) is 8.01. The average molecular weight is 482 g/mol. The number of rotatable bonds is 3. The van der Waals surface area contributed by atoms with E-state index in [-0.39, 0.29) is 47.6 Å². The van der Waals surface area contributed by atoms with Gasteiger partial charge in [-0.15, -0.1) is 24.0 Å². The van der Waals surface area contributed by atoms with E-state index >= 15 is 0 Å². The molecule has 8 heteroatoms. The van der Waals surface area contributed by atoms with E-state index in [0.717, 1.165) is 19.0 Å². The summed E-state index contributed by atoms with van der Waals surface area (Å²) in [6.45, 7) is 15.7. The van der Waals surface area contributed by atoms with E-state index in [4.69, 9.17) is 9.47 Å². The van der Waals surface area contributed by atoms with Crippen LogP contribution in [0.5, 0.6) is 0 Å². The molecule has 2 atom stereocenters. The average Bonchev–Trinajstić information content (AvgIpc) is 2.87. The second-order valence-corrected chi connectivity index (χ2v) is 8.91. The second kappa shape index (κ2) is 8.95. The zero-order chi connectivity index (χ0) is 18.8. The van der Waals surface area contributed by atoms with Gasteiger partial charge < -0.3 is 24.6 Å². The highest BCUT2D eigenvalue weighted by molar-refractivity contribution is 14.0. The number of ether oxygens (including phenoxy) is 2. The van der Waals surface area contributed by atoms with Gasteiger partial charge in [-0.05, 0) is 26.2 Å². The van der Waals surface area contributed by atoms with Crippen LogP contribution in [0.4, 0.5) is 4.79 Å². The van der Waals surface area contributed by atoms with Crippen LogP contribution in [0.3, 0.4) is 0 Å². The maximum atomic E-state index is 12.3. The lowest BCUT2D eigenvalue weighted by molar-refractivity contribution is 0.0126. The van der Waals surface area contributed by atoms with Crippen LogP contribution in [0.1, 0.15) is 41.5 Å². The number of hydrogen-bond donors (Lipinski definition) is 1. The maximum Gasteiger partial charge on any atom is 0.410 e. The van der Waals surface area contributed by atoms with E-state index in [0.29, 0.717) is 19.6 Å². The third-order valence-corrected chi connectivity index (χ3v) is 4.55. The molecule has 0 aliphatic carbocycles. The number of halogens is 1. The van der Waals surface area contributed by atoms with E-state index in [9.17, 15) is 4.79 Å². The van der Waals surface area contributed by atoms with Gasteiger partial charge in [0, 0.05) is 33.3 Å². The molecule has 0 radical (unpaired) electrons. The van der Waals surface area contributed by atoms with Crippen molar-refractivity contribution < 1.29 is 14.3 Å². The molecular weight excluding hydrogens is 447 g/mol. The minimum Gasteiger partial charge on any atom is -0.444 e. The van der Waals surface area contributed by atoms with Gasteiger partial charge in [0.15, 0.2) is 5.96 Å². The SMILES string of the molecule is COC(CNC1=NCC2CN(C(=O)OC(C)(C)C)CCN12)C(C)(C)C.I. The Hall–Kier alpha value is -0.770. The van der Waals surface area contributed by atoms with Crippen molar-refractivity contribution >= 4 is 36.0 Å². The normalized spacial score (nSPS) is 21.5. The zero-order valence-electron chi connectivity index (χ0n) is 17.2. The first kappa shape index (κ1) is 23.3. The molecule has 2 aliphatic rings. The van der Waals surface area contributed by atoms with Crippen LogP contribution >= 0.6 is 24.0 Å². The van der Waals surface area contributed by atoms with Gasteiger partial charge in [-0.1, -0.05) is 20.8 Å². The molecule has 0 aromatic rings. The molecule has 152 valence electrons. The number of nitrogens with zero attached hydrogens (tertiary/aromatic N) is 3. The van der Waals surface area contributed by atoms with E-state index in [2.05, 4.69) is 36.0 Å². The highest BCUT2D eigenvalue weighted by Crippen LogP contribution is 2.22. The number of amides is 1. The molecule has 0 spiro atoms. The van der Waals surface area contributed by atoms with Crippen molar-refractivity contribution in [1.82, 2.24) is 15.1 Å². The number of carbonyl (C=O) groups is 1. The van der Waals surface area contributed by atoms with Crippen LogP contribution in [0.2, 0.25) is 0 Å². The molecule has 0 aromatic carbocycles. The number of aliphatic imine (C=N–C) groups is 1. The monoisotopic (exact) mass is 482 g/mol. The standard InChI is InChI=1S/C18H34N4O3.HI/c1-17(2,3)14(24-7)11-20-15-19-10-13-12-21(8-9-22(13)15)16(23)25-18(4,5)6;/h13-14H,8-12H2,1-7H3,(H,19,20);1H. The van der Waals surface area contributed by atoms with Crippen LogP contribution in [0.15, 0.2) is 4.99 Å². The predicted molar refractivity (Wildman–Crippen MR) is 114 cm³/mol. The third kappa shape index (κ3) is 6.14. The first-order valence-electron chi connectivity index (χ1n) is 9.07. The van der Waals surface area contributed by atoms with E-state index in [1.807, 2.05) is 20.8 Å². The summed E-state index contributed by atoms with van der Waals surface area (Å²) in [6, 6.07) is 0.222. The number of carbonyl (C=O) groups excluding carboxylic acids is 1. The van der Waals surface area contributed by atoms with Crippen molar-refractivity contribution in [3.63, 3.8) is 0 Å². The van der Waals surface area contributed by atoms with Gasteiger partial charge in [-0.2, -0.15) is 0 Å². The molecule has 7 nitrogen and oxygen atoms in total. The molecule has 1 saturated heterocycles. The largest absolute Gasteiger partial charge is 0.444 e. The molecule has 1 amide bonds. The fourth-order valence-corrected chi connectivity index (χ4v) is 3.15. The van der Waals surface area contributed by atoms with Gasteiger partial charge in [-0.3, -0.25) is 4.99 Å². The molecule has 2 unspecified atom stereocenters. The second-order valence-electron chi connectivity index (χ2n) is 8.91. The van der Waals surface area contributed by atoms with Crippen molar-refractivity contribution in [1.29, 1.82) is 0 Å². The number of guanidine groups is 1. The number of fused-ring (bicyclic) bond motifs is 1. The van der Waals surface area contributed by atoms with Crippen molar-refractivity contribution in [2.24, 2.45) is 10.4 Å². The van der Waals surface area contributed by atoms with E-state index in [1.54, 1.807) is 12.0 Å². The maximum absolute atomic E-state index is 12.3. The number of methoxy groups -OCH3 is 1. The van der Waals surface area contributed by atoms with Crippen molar-refractivity contribution in [3.05, 3.63) is 0 Å². The van der Waals surface area contributed by atoms with Gasteiger partial charge in [0.25, 0.3) is 0 Å². The summed E-state index contributed by atoms with van der Waals surface area (Å²) in [7, 11) is 1.75. The summed E-state index contributed by atoms with van der Waals surface area (Å²) in [5, 5.41) is 3.44. The Labute approximate surface area is 174 Å². The van der Waals surface area contributed by atoms with E-state index < -0.39 is 5.60 Å². The van der Waals surface area contributed by atoms with Gasteiger partial charge in [0.1, 0.15) is 5.60 Å². The van der Waals surface area contributed by atoms with Gasteiger partial charge in [0.2, 0.25) is 0 Å². The lowest BCUT2D eigenvalue weighted by Crippen LogP contribution is -2.58. The molecule has 0 aromatic heterocycles. The van der Waals surface area contributed by atoms with Crippen molar-refractivity contribution in [3.8, 4) is 0 Å². The summed E-state index contributed by atoms with van der Waals surface area (Å²) in [5.41, 5.74) is -0.398. The Balaban J connectivity index is 0.00000338. The first-order chi connectivity index (χ1) is 11.5. The number of nitrogens with one attached hydrogen (secondary N) is 1. The smallest absolute Gasteiger partial charge is 0.410 e. The van der Waals surface area contributed by atoms with Crippen LogP contribution in [0, 0.1) is 5.41 Å². The van der Waals surface area contributed by atoms with E-state index in [1.165, 1.54) is 0 Å². The number of piperazine rings is 1. The minimum atomic E-state index is -0.463. The van der Waals surface area contributed by atoms with Gasteiger partial charge in [-0.25, -0.2) is 4.79 Å². The molecule has 0 saturated carbocycles. The zero-order valence-corrected chi connectivity index (χ0v) is 19.5. The molecule has 2 heterocycles. The van der Waals surface area contributed by atoms with Crippen LogP contribution < -0.4 is 5.32 Å². The minimum absolute atomic E-state index is 0. The lowest BCUT2D eigenvalue weighted by atomic mass is 9.89. The lowest BCUT2D eigenvalue weighted by Gasteiger charge is -2.39. The summed E-state index contributed by atoms with van der Waals surface area (Å²) in [4.78, 5) is 20.9. The Morgan fingerprint density at radius 3 is 2.46 bits per heavy atom. The Bertz CT molecular complexity index is 514. The summed E-state index contributed by atoms with van der Waals surface area (Å²) >= 11 is 0. The predicted octanol–water partition coefficient (Wildman–Crippen LogP) is 2.55. The topological polar surface area (TPSA) is 66.4 Å². The summed E-state index contributed by atoms with van der Waals surface area (Å²) in [5.74, 6) is 0.917. The Morgan fingerprint density at radius 1 is 1.27 bits per heavy atom. The number of hydrogen-bond acceptors (Lipinski definition) is 6. The molecule has 1 fully saturated rings. The quantitative estimate of drug-likeness (QED) is 0.627. The molecular formula is C18H35IN4O3. The van der Waals surface area contributed by atoms with Gasteiger partial charge >= 0.3 is 6.09 Å². The van der Waals surface area contributed by atoms with Crippen LogP contribution in [-0.2, 0) is 9.47 Å².